The Balaban J connectivity index is 2.59. The largest absolute Gasteiger partial charge is 0.465 e. The zero-order valence-electron chi connectivity index (χ0n) is 9.97. The van der Waals surface area contributed by atoms with Crippen molar-refractivity contribution in [2.45, 2.75) is 10.3 Å². The zero-order valence-corrected chi connectivity index (χ0v) is 13.1. The first kappa shape index (κ1) is 14.0. The summed E-state index contributed by atoms with van der Waals surface area (Å²) >= 11 is 6.66. The molecule has 0 aliphatic carbocycles. The lowest BCUT2D eigenvalue weighted by atomic mass is 10.1. The van der Waals surface area contributed by atoms with Crippen LogP contribution in [0.1, 0.15) is 6.92 Å². The van der Waals surface area contributed by atoms with E-state index in [0.29, 0.717) is 28.5 Å². The van der Waals surface area contributed by atoms with Gasteiger partial charge >= 0.3 is 0 Å². The van der Waals surface area contributed by atoms with E-state index in [2.05, 4.69) is 46.8 Å². The van der Waals surface area contributed by atoms with Gasteiger partial charge in [0.1, 0.15) is 18.4 Å². The predicted molar refractivity (Wildman–Crippen MR) is 81.0 cm³/mol. The molecule has 0 amide bonds. The summed E-state index contributed by atoms with van der Waals surface area (Å²) in [6, 6.07) is 3.29. The third kappa shape index (κ3) is 3.54. The van der Waals surface area contributed by atoms with Gasteiger partial charge in [0.25, 0.3) is 0 Å². The fourth-order valence-corrected chi connectivity index (χ4v) is 1.89. The van der Waals surface area contributed by atoms with Crippen molar-refractivity contribution in [3.8, 4) is 17.1 Å². The minimum atomic E-state index is -0.748. The summed E-state index contributed by atoms with van der Waals surface area (Å²) in [5.41, 5.74) is 13.3. The Morgan fingerprint density at radius 3 is 2.37 bits per heavy atom. The predicted octanol–water partition coefficient (Wildman–Crippen LogP) is 2.55. The van der Waals surface area contributed by atoms with E-state index in [1.807, 2.05) is 0 Å². The van der Waals surface area contributed by atoms with Crippen LogP contribution in [-0.2, 0) is 0 Å². The lowest BCUT2D eigenvalue weighted by Crippen LogP contribution is -2.16. The molecule has 2 aromatic rings. The lowest BCUT2D eigenvalue weighted by molar-refractivity contribution is 0.292. The van der Waals surface area contributed by atoms with Crippen LogP contribution in [0.4, 0.5) is 11.4 Å². The van der Waals surface area contributed by atoms with E-state index < -0.39 is 3.42 Å². The van der Waals surface area contributed by atoms with Crippen molar-refractivity contribution in [2.75, 3.05) is 11.5 Å². The fraction of sp³-hybridized carbons (Fsp3) is 0.182. The number of benzene rings is 1. The summed E-state index contributed by atoms with van der Waals surface area (Å²) in [5, 5.41) is 0. The van der Waals surface area contributed by atoms with Crippen molar-refractivity contribution in [3.05, 3.63) is 24.8 Å². The average Bonchev–Trinajstić information content (AvgIpc) is 2.27. The Hall–Kier alpha value is -1.41. The van der Waals surface area contributed by atoms with Gasteiger partial charge in [0.2, 0.25) is 3.42 Å². The summed E-state index contributed by atoms with van der Waals surface area (Å²) in [4.78, 5) is 11.9. The molecule has 0 saturated heterocycles. The summed E-state index contributed by atoms with van der Waals surface area (Å²) in [7, 11) is 0. The molecule has 1 heterocycles. The van der Waals surface area contributed by atoms with Gasteiger partial charge in [-0.15, -0.1) is 0 Å². The normalized spacial score (nSPS) is 11.3. The Bertz CT molecular complexity index is 586. The Kier molecular flexibility index (Phi) is 3.91. The number of rotatable bonds is 3. The average molecular weight is 389 g/mol. The quantitative estimate of drug-likeness (QED) is 0.619. The molecule has 2 rings (SSSR count). The third-order valence-electron chi connectivity index (χ3n) is 2.16. The van der Waals surface area contributed by atoms with Crippen LogP contribution in [0, 0.1) is 0 Å². The smallest absolute Gasteiger partial charge is 0.215 e. The van der Waals surface area contributed by atoms with Crippen molar-refractivity contribution >= 4 is 43.2 Å². The number of ether oxygens (including phenoxy) is 1. The summed E-state index contributed by atoms with van der Waals surface area (Å²) < 4.78 is 4.97. The number of hydrogen-bond donors (Lipinski definition) is 2. The van der Waals surface area contributed by atoms with E-state index in [4.69, 9.17) is 16.2 Å². The van der Waals surface area contributed by atoms with E-state index in [9.17, 15) is 0 Å². The van der Waals surface area contributed by atoms with Crippen molar-refractivity contribution in [1.29, 1.82) is 0 Å². The zero-order chi connectivity index (χ0) is 14.0. The molecule has 19 heavy (non-hydrogen) atoms. The molecule has 0 aliphatic rings. The number of aromatic nitrogens is 3. The molecule has 0 radical (unpaired) electrons. The van der Waals surface area contributed by atoms with Gasteiger partial charge in [-0.1, -0.05) is 0 Å². The monoisotopic (exact) mass is 387 g/mol. The Labute approximate surface area is 126 Å². The number of nitrogens with two attached hydrogens (primary N) is 2. The highest BCUT2D eigenvalue weighted by atomic mass is 79.9. The molecule has 1 aromatic carbocycles. The Morgan fingerprint density at radius 2 is 1.79 bits per heavy atom. The number of alkyl halides is 2. The van der Waals surface area contributed by atoms with Crippen LogP contribution in [0.5, 0.6) is 5.75 Å². The van der Waals surface area contributed by atoms with Gasteiger partial charge in [0.15, 0.2) is 5.82 Å². The topological polar surface area (TPSA) is 99.9 Å². The molecule has 6 nitrogen and oxygen atoms in total. The molecule has 100 valence electrons. The van der Waals surface area contributed by atoms with E-state index in [1.54, 1.807) is 19.1 Å². The first-order valence-electron chi connectivity index (χ1n) is 5.25. The molecule has 0 spiro atoms. The van der Waals surface area contributed by atoms with Gasteiger partial charge in [-0.25, -0.2) is 15.0 Å². The highest BCUT2D eigenvalue weighted by Gasteiger charge is 2.22. The SMILES string of the molecule is CC(Br)(Br)Oc1cc(N)cc(N)c1-c1ncncn1. The molecule has 0 bridgehead atoms. The molecule has 0 unspecified atom stereocenters. The van der Waals surface area contributed by atoms with Gasteiger partial charge < -0.3 is 16.2 Å². The molecule has 0 fully saturated rings. The molecule has 0 atom stereocenters. The maximum Gasteiger partial charge on any atom is 0.215 e. The molecule has 0 aliphatic heterocycles. The molecular formula is C11H11Br2N5O. The van der Waals surface area contributed by atoms with Crippen molar-refractivity contribution in [3.63, 3.8) is 0 Å². The maximum absolute atomic E-state index is 5.98. The highest BCUT2D eigenvalue weighted by Crippen LogP contribution is 2.39. The standard InChI is InChI=1S/C11H11Br2N5O/c1-11(12,13)19-8-3-6(14)2-7(15)9(8)10-17-4-16-5-18-10/h2-5H,14-15H2,1H3. The van der Waals surface area contributed by atoms with Crippen LogP contribution in [0.3, 0.4) is 0 Å². The van der Waals surface area contributed by atoms with E-state index in [1.165, 1.54) is 12.7 Å². The van der Waals surface area contributed by atoms with Crippen LogP contribution in [0.25, 0.3) is 11.4 Å². The number of hydrogen-bond acceptors (Lipinski definition) is 6. The van der Waals surface area contributed by atoms with E-state index >= 15 is 0 Å². The summed E-state index contributed by atoms with van der Waals surface area (Å²) in [6.45, 7) is 1.78. The minimum Gasteiger partial charge on any atom is -0.465 e. The van der Waals surface area contributed by atoms with Gasteiger partial charge in [0, 0.05) is 17.4 Å². The van der Waals surface area contributed by atoms with Gasteiger partial charge in [-0.05, 0) is 44.8 Å². The van der Waals surface area contributed by atoms with E-state index in [-0.39, 0.29) is 0 Å². The van der Waals surface area contributed by atoms with Crippen LogP contribution in [-0.4, -0.2) is 18.4 Å². The summed E-state index contributed by atoms with van der Waals surface area (Å²) in [5.74, 6) is 0.895. The number of anilines is 2. The number of halogens is 2. The second-order valence-electron chi connectivity index (χ2n) is 3.85. The molecule has 4 N–H and O–H groups in total. The Morgan fingerprint density at radius 1 is 1.16 bits per heavy atom. The van der Waals surface area contributed by atoms with Crippen LogP contribution >= 0.6 is 31.9 Å². The second kappa shape index (κ2) is 5.30. The highest BCUT2D eigenvalue weighted by molar-refractivity contribution is 9.25. The van der Waals surface area contributed by atoms with Crippen molar-refractivity contribution in [2.24, 2.45) is 0 Å². The molecule has 1 aromatic heterocycles. The third-order valence-corrected chi connectivity index (χ3v) is 2.48. The molecular weight excluding hydrogens is 378 g/mol. The first-order valence-corrected chi connectivity index (χ1v) is 6.83. The van der Waals surface area contributed by atoms with E-state index in [0.717, 1.165) is 0 Å². The summed E-state index contributed by atoms with van der Waals surface area (Å²) in [6.07, 6.45) is 2.78. The number of nitrogen functional groups attached to an aromatic ring is 2. The molecule has 8 heteroatoms. The van der Waals surface area contributed by atoms with Crippen molar-refractivity contribution in [1.82, 2.24) is 15.0 Å². The second-order valence-corrected chi connectivity index (χ2v) is 7.95. The van der Waals surface area contributed by atoms with Gasteiger partial charge in [-0.3, -0.25) is 0 Å². The first-order chi connectivity index (χ1) is 8.87. The van der Waals surface area contributed by atoms with Crippen LogP contribution in [0.2, 0.25) is 0 Å². The molecule has 0 saturated carbocycles. The maximum atomic E-state index is 5.98. The van der Waals surface area contributed by atoms with Crippen LogP contribution in [0.15, 0.2) is 24.8 Å². The van der Waals surface area contributed by atoms with Gasteiger partial charge in [0.05, 0.1) is 5.56 Å². The minimum absolute atomic E-state index is 0.423. The van der Waals surface area contributed by atoms with Gasteiger partial charge in [-0.2, -0.15) is 0 Å². The fourth-order valence-electron chi connectivity index (χ4n) is 1.54. The van der Waals surface area contributed by atoms with Crippen LogP contribution < -0.4 is 16.2 Å². The number of nitrogens with zero attached hydrogens (tertiary/aromatic N) is 3. The van der Waals surface area contributed by atoms with Crippen molar-refractivity contribution < 1.29 is 4.74 Å². The lowest BCUT2D eigenvalue weighted by Gasteiger charge is -2.20.